The highest BCUT2D eigenvalue weighted by atomic mass is 19.1. The van der Waals surface area contributed by atoms with Crippen LogP contribution in [-0.4, -0.2) is 31.1 Å². The van der Waals surface area contributed by atoms with Crippen LogP contribution in [0.2, 0.25) is 0 Å². The molecule has 1 saturated heterocycles. The van der Waals surface area contributed by atoms with Crippen LogP contribution < -0.4 is 9.47 Å². The van der Waals surface area contributed by atoms with Crippen molar-refractivity contribution in [3.8, 4) is 11.5 Å². The number of halogens is 1. The molecule has 4 heteroatoms. The third-order valence-corrected chi connectivity index (χ3v) is 5.48. The van der Waals surface area contributed by atoms with E-state index in [0.717, 1.165) is 30.1 Å². The molecule has 0 N–H and O–H groups in total. The summed E-state index contributed by atoms with van der Waals surface area (Å²) < 4.78 is 24.5. The molecule has 0 atom stereocenters. The molecule has 0 aliphatic carbocycles. The predicted molar refractivity (Wildman–Crippen MR) is 116 cm³/mol. The first-order valence-corrected chi connectivity index (χ1v) is 11.1. The molecule has 3 rings (SSSR count). The lowest BCUT2D eigenvalue weighted by atomic mass is 10.1. The summed E-state index contributed by atoms with van der Waals surface area (Å²) in [6.45, 7) is 5.10. The van der Waals surface area contributed by atoms with Crippen LogP contribution in [0.15, 0.2) is 48.5 Å². The Balaban J connectivity index is 1.21. The van der Waals surface area contributed by atoms with Crippen LogP contribution in [0.5, 0.6) is 11.5 Å². The molecule has 1 aliphatic rings. The molecule has 2 aromatic carbocycles. The summed E-state index contributed by atoms with van der Waals surface area (Å²) in [5.74, 6) is 1.44. The average Bonchev–Trinajstić information content (AvgIpc) is 2.77. The first-order chi connectivity index (χ1) is 14.3. The molecule has 0 saturated carbocycles. The van der Waals surface area contributed by atoms with Crippen molar-refractivity contribution >= 4 is 0 Å². The van der Waals surface area contributed by atoms with Gasteiger partial charge in [0.1, 0.15) is 23.9 Å². The van der Waals surface area contributed by atoms with Crippen LogP contribution in [0.1, 0.15) is 56.9 Å². The maximum Gasteiger partial charge on any atom is 0.123 e. The summed E-state index contributed by atoms with van der Waals surface area (Å²) >= 11 is 0. The van der Waals surface area contributed by atoms with E-state index in [-0.39, 0.29) is 5.82 Å². The number of nitrogens with zero attached hydrogens (tertiary/aromatic N) is 1. The second-order valence-electron chi connectivity index (χ2n) is 7.91. The van der Waals surface area contributed by atoms with Crippen molar-refractivity contribution in [1.82, 2.24) is 4.90 Å². The number of rotatable bonds is 12. The number of benzene rings is 2. The number of likely N-dealkylation sites (tertiary alicyclic amines) is 1. The third-order valence-electron chi connectivity index (χ3n) is 5.48. The highest BCUT2D eigenvalue weighted by Gasteiger charge is 2.08. The number of unbranched alkanes of at least 4 members (excludes halogenated alkanes) is 4. The second-order valence-corrected chi connectivity index (χ2v) is 7.91. The van der Waals surface area contributed by atoms with Crippen LogP contribution in [0, 0.1) is 5.82 Å². The molecule has 0 spiro atoms. The van der Waals surface area contributed by atoms with Gasteiger partial charge < -0.3 is 14.4 Å². The highest BCUT2D eigenvalue weighted by molar-refractivity contribution is 5.31. The van der Waals surface area contributed by atoms with Gasteiger partial charge in [-0.1, -0.05) is 37.8 Å². The van der Waals surface area contributed by atoms with E-state index in [1.165, 1.54) is 76.7 Å². The van der Waals surface area contributed by atoms with Gasteiger partial charge >= 0.3 is 0 Å². The summed E-state index contributed by atoms with van der Waals surface area (Å²) in [6, 6.07) is 14.1. The molecule has 3 nitrogen and oxygen atoms in total. The van der Waals surface area contributed by atoms with Crippen LogP contribution in [0.4, 0.5) is 4.39 Å². The molecule has 2 aromatic rings. The first-order valence-electron chi connectivity index (χ1n) is 11.1. The normalized spacial score (nSPS) is 14.7. The van der Waals surface area contributed by atoms with Crippen LogP contribution in [0.25, 0.3) is 0 Å². The molecule has 1 fully saturated rings. The Kier molecular flexibility index (Phi) is 9.31. The fraction of sp³-hybridized carbons (Fsp3) is 0.520. The van der Waals surface area contributed by atoms with Gasteiger partial charge in [-0.2, -0.15) is 0 Å². The smallest absolute Gasteiger partial charge is 0.123 e. The van der Waals surface area contributed by atoms with Gasteiger partial charge in [0.05, 0.1) is 6.61 Å². The molecular formula is C25H34FNO2. The van der Waals surface area contributed by atoms with Gasteiger partial charge in [0, 0.05) is 0 Å². The van der Waals surface area contributed by atoms with Gasteiger partial charge in [0.25, 0.3) is 0 Å². The summed E-state index contributed by atoms with van der Waals surface area (Å²) in [6.07, 6.45) is 10.5. The zero-order valence-electron chi connectivity index (χ0n) is 17.5. The Morgan fingerprint density at radius 1 is 0.690 bits per heavy atom. The second kappa shape index (κ2) is 12.5. The zero-order chi connectivity index (χ0) is 20.2. The maximum absolute atomic E-state index is 12.9. The molecule has 0 amide bonds. The molecule has 158 valence electrons. The molecule has 1 aliphatic heterocycles. The van der Waals surface area contributed by atoms with Crippen molar-refractivity contribution < 1.29 is 13.9 Å². The van der Waals surface area contributed by atoms with E-state index in [4.69, 9.17) is 9.47 Å². The Labute approximate surface area is 174 Å². The van der Waals surface area contributed by atoms with Crippen molar-refractivity contribution in [2.75, 3.05) is 26.2 Å². The lowest BCUT2D eigenvalue weighted by Crippen LogP contribution is -2.30. The van der Waals surface area contributed by atoms with Gasteiger partial charge in [0.15, 0.2) is 0 Å². The Bertz CT molecular complexity index is 681. The summed E-state index contributed by atoms with van der Waals surface area (Å²) in [5.41, 5.74) is 0.947. The summed E-state index contributed by atoms with van der Waals surface area (Å²) in [4.78, 5) is 2.62. The van der Waals surface area contributed by atoms with E-state index in [9.17, 15) is 4.39 Å². The maximum atomic E-state index is 12.9. The number of hydrogen-bond donors (Lipinski definition) is 0. The van der Waals surface area contributed by atoms with Crippen LogP contribution >= 0.6 is 0 Å². The zero-order valence-corrected chi connectivity index (χ0v) is 17.5. The molecule has 0 bridgehead atoms. The van der Waals surface area contributed by atoms with E-state index in [1.807, 2.05) is 24.3 Å². The summed E-state index contributed by atoms with van der Waals surface area (Å²) in [7, 11) is 0. The van der Waals surface area contributed by atoms with Crippen molar-refractivity contribution in [3.63, 3.8) is 0 Å². The molecule has 1 heterocycles. The minimum absolute atomic E-state index is 0.229. The van der Waals surface area contributed by atoms with E-state index < -0.39 is 0 Å². The van der Waals surface area contributed by atoms with E-state index in [0.29, 0.717) is 6.61 Å². The molecule has 29 heavy (non-hydrogen) atoms. The van der Waals surface area contributed by atoms with Crippen molar-refractivity contribution in [3.05, 3.63) is 59.9 Å². The Morgan fingerprint density at radius 2 is 1.31 bits per heavy atom. The van der Waals surface area contributed by atoms with E-state index in [2.05, 4.69) is 4.90 Å². The standard InChI is InChI=1S/C25H34FNO2/c26-23-11-9-22(10-12-23)21-29-25-15-13-24(14-16-25)28-20-8-3-1-2-5-17-27-18-6-4-7-19-27/h9-16H,1-8,17-21H2. The van der Waals surface area contributed by atoms with Crippen LogP contribution in [0.3, 0.4) is 0 Å². The first kappa shape index (κ1) is 21.6. The Hall–Kier alpha value is -2.07. The Morgan fingerprint density at radius 3 is 2.03 bits per heavy atom. The molecule has 0 unspecified atom stereocenters. The lowest BCUT2D eigenvalue weighted by molar-refractivity contribution is 0.223. The predicted octanol–water partition coefficient (Wildman–Crippen LogP) is 6.22. The van der Waals surface area contributed by atoms with Crippen molar-refractivity contribution in [2.45, 2.75) is 58.0 Å². The largest absolute Gasteiger partial charge is 0.494 e. The van der Waals surface area contributed by atoms with Gasteiger partial charge in [-0.05, 0) is 87.3 Å². The van der Waals surface area contributed by atoms with Gasteiger partial charge in [-0.15, -0.1) is 0 Å². The van der Waals surface area contributed by atoms with E-state index in [1.54, 1.807) is 12.1 Å². The van der Waals surface area contributed by atoms with Crippen LogP contribution in [-0.2, 0) is 6.61 Å². The van der Waals surface area contributed by atoms with Gasteiger partial charge in [-0.3, -0.25) is 0 Å². The fourth-order valence-corrected chi connectivity index (χ4v) is 3.72. The quantitative estimate of drug-likeness (QED) is 0.396. The fourth-order valence-electron chi connectivity index (χ4n) is 3.72. The lowest BCUT2D eigenvalue weighted by Gasteiger charge is -2.26. The summed E-state index contributed by atoms with van der Waals surface area (Å²) in [5, 5.41) is 0. The molecular weight excluding hydrogens is 365 g/mol. The number of piperidine rings is 1. The minimum atomic E-state index is -0.229. The monoisotopic (exact) mass is 399 g/mol. The number of hydrogen-bond acceptors (Lipinski definition) is 3. The van der Waals surface area contributed by atoms with Crippen molar-refractivity contribution in [2.24, 2.45) is 0 Å². The minimum Gasteiger partial charge on any atom is -0.494 e. The topological polar surface area (TPSA) is 21.7 Å². The van der Waals surface area contributed by atoms with Gasteiger partial charge in [0.2, 0.25) is 0 Å². The van der Waals surface area contributed by atoms with E-state index >= 15 is 0 Å². The van der Waals surface area contributed by atoms with Crippen molar-refractivity contribution in [1.29, 1.82) is 0 Å². The number of ether oxygens (including phenoxy) is 2. The van der Waals surface area contributed by atoms with Gasteiger partial charge in [-0.25, -0.2) is 4.39 Å². The average molecular weight is 400 g/mol. The molecule has 0 aromatic heterocycles. The third kappa shape index (κ3) is 8.45. The SMILES string of the molecule is Fc1ccc(COc2ccc(OCCCCCCCN3CCCCC3)cc2)cc1. The molecule has 0 radical (unpaired) electrons. The highest BCUT2D eigenvalue weighted by Crippen LogP contribution is 2.19.